The van der Waals surface area contributed by atoms with E-state index in [0.717, 1.165) is 0 Å². The number of esters is 2. The van der Waals surface area contributed by atoms with Crippen LogP contribution in [0.5, 0.6) is 0 Å². The van der Waals surface area contributed by atoms with Crippen LogP contribution in [0.2, 0.25) is 0 Å². The summed E-state index contributed by atoms with van der Waals surface area (Å²) in [5.41, 5.74) is 0. The van der Waals surface area contributed by atoms with Crippen molar-refractivity contribution in [2.75, 3.05) is 6.54 Å². The van der Waals surface area contributed by atoms with Gasteiger partial charge in [-0.15, -0.1) is 0 Å². The molecule has 2 aliphatic rings. The zero-order chi connectivity index (χ0) is 15.7. The molecule has 7 nitrogen and oxygen atoms in total. The van der Waals surface area contributed by atoms with Gasteiger partial charge in [0.05, 0.1) is 11.8 Å². The van der Waals surface area contributed by atoms with E-state index < -0.39 is 36.0 Å². The first-order valence-corrected chi connectivity index (χ1v) is 7.04. The number of carbonyl (C=O) groups is 4. The number of hydrogen-bond acceptors (Lipinski definition) is 6. The molecule has 2 rings (SSSR count). The largest absolute Gasteiger partial charge is 0.459 e. The number of ether oxygens (including phenoxy) is 2. The highest BCUT2D eigenvalue weighted by molar-refractivity contribution is 6.05. The van der Waals surface area contributed by atoms with Gasteiger partial charge in [0.1, 0.15) is 12.2 Å². The fourth-order valence-corrected chi connectivity index (χ4v) is 3.17. The van der Waals surface area contributed by atoms with Gasteiger partial charge in [0, 0.05) is 33.2 Å². The van der Waals surface area contributed by atoms with E-state index in [0.29, 0.717) is 6.54 Å². The van der Waals surface area contributed by atoms with Gasteiger partial charge in [-0.05, 0) is 6.92 Å². The van der Waals surface area contributed by atoms with Gasteiger partial charge in [-0.3, -0.25) is 24.1 Å². The first kappa shape index (κ1) is 15.5. The van der Waals surface area contributed by atoms with Crippen molar-refractivity contribution in [3.8, 4) is 0 Å². The van der Waals surface area contributed by atoms with Crippen LogP contribution in [0, 0.1) is 11.8 Å². The quantitative estimate of drug-likeness (QED) is 0.548. The van der Waals surface area contributed by atoms with E-state index in [1.165, 1.54) is 18.7 Å². The second kappa shape index (κ2) is 5.83. The van der Waals surface area contributed by atoms with Crippen molar-refractivity contribution in [1.29, 1.82) is 0 Å². The summed E-state index contributed by atoms with van der Waals surface area (Å²) in [7, 11) is 0. The molecule has 1 heterocycles. The third kappa shape index (κ3) is 2.91. The van der Waals surface area contributed by atoms with Crippen LogP contribution >= 0.6 is 0 Å². The summed E-state index contributed by atoms with van der Waals surface area (Å²) in [5.74, 6) is -2.45. The van der Waals surface area contributed by atoms with Gasteiger partial charge in [-0.2, -0.15) is 0 Å². The summed E-state index contributed by atoms with van der Waals surface area (Å²) in [6.07, 6.45) is -0.936. The van der Waals surface area contributed by atoms with Gasteiger partial charge in [0.15, 0.2) is 0 Å². The molecule has 7 heteroatoms. The van der Waals surface area contributed by atoms with Crippen LogP contribution in [-0.2, 0) is 28.7 Å². The fourth-order valence-electron chi connectivity index (χ4n) is 3.17. The van der Waals surface area contributed by atoms with Crippen LogP contribution in [0.25, 0.3) is 0 Å². The summed E-state index contributed by atoms with van der Waals surface area (Å²) < 4.78 is 10.3. The molecule has 21 heavy (non-hydrogen) atoms. The van der Waals surface area contributed by atoms with Crippen LogP contribution in [0.15, 0.2) is 0 Å². The van der Waals surface area contributed by atoms with E-state index in [1.807, 2.05) is 0 Å². The molecular weight excluding hydrogens is 278 g/mol. The number of fused-ring (bicyclic) bond motifs is 1. The SMILES string of the molecule is CCN1C(=O)C2C[C@H](OC(C)=O)[C@@H](OC(C)=O)CC2C1=O. The predicted octanol–water partition coefficient (Wildman–Crippen LogP) is 0.265. The third-order valence-electron chi connectivity index (χ3n) is 3.99. The van der Waals surface area contributed by atoms with Gasteiger partial charge in [0.2, 0.25) is 11.8 Å². The van der Waals surface area contributed by atoms with Crippen molar-refractivity contribution >= 4 is 23.8 Å². The molecule has 0 aromatic carbocycles. The molecule has 2 fully saturated rings. The molecule has 4 atom stereocenters. The highest BCUT2D eigenvalue weighted by Crippen LogP contribution is 2.40. The lowest BCUT2D eigenvalue weighted by molar-refractivity contribution is -0.173. The standard InChI is InChI=1S/C14H19NO6/c1-4-15-13(18)9-5-11(20-7(2)16)12(21-8(3)17)6-10(9)14(15)19/h9-12H,4-6H2,1-3H3/t9?,10?,11-,12-/m0/s1. The van der Waals surface area contributed by atoms with Crippen molar-refractivity contribution in [1.82, 2.24) is 4.90 Å². The summed E-state index contributed by atoms with van der Waals surface area (Å²) in [6.45, 7) is 4.58. The smallest absolute Gasteiger partial charge is 0.303 e. The molecule has 0 N–H and O–H groups in total. The van der Waals surface area contributed by atoms with Crippen LogP contribution in [0.4, 0.5) is 0 Å². The van der Waals surface area contributed by atoms with E-state index >= 15 is 0 Å². The maximum atomic E-state index is 12.2. The molecule has 0 aromatic rings. The first-order valence-electron chi connectivity index (χ1n) is 7.04. The molecule has 1 aliphatic heterocycles. The maximum absolute atomic E-state index is 12.2. The number of hydrogen-bond donors (Lipinski definition) is 0. The van der Waals surface area contributed by atoms with Gasteiger partial charge in [0.25, 0.3) is 0 Å². The molecule has 1 saturated carbocycles. The van der Waals surface area contributed by atoms with Crippen molar-refractivity contribution in [3.63, 3.8) is 0 Å². The third-order valence-corrected chi connectivity index (χ3v) is 3.99. The Balaban J connectivity index is 2.21. The summed E-state index contributed by atoms with van der Waals surface area (Å²) in [5, 5.41) is 0. The maximum Gasteiger partial charge on any atom is 0.303 e. The van der Waals surface area contributed by atoms with Crippen molar-refractivity contribution in [2.24, 2.45) is 11.8 Å². The number of nitrogens with zero attached hydrogens (tertiary/aromatic N) is 1. The van der Waals surface area contributed by atoms with Crippen LogP contribution in [0.1, 0.15) is 33.6 Å². The highest BCUT2D eigenvalue weighted by atomic mass is 16.6. The minimum atomic E-state index is -0.679. The molecule has 0 radical (unpaired) electrons. The molecule has 2 unspecified atom stereocenters. The normalized spacial score (nSPS) is 31.9. The summed E-state index contributed by atoms with van der Waals surface area (Å²) >= 11 is 0. The number of imide groups is 1. The number of carbonyl (C=O) groups excluding carboxylic acids is 4. The van der Waals surface area contributed by atoms with Crippen LogP contribution in [-0.4, -0.2) is 47.4 Å². The lowest BCUT2D eigenvalue weighted by atomic mass is 9.78. The van der Waals surface area contributed by atoms with Gasteiger partial charge >= 0.3 is 11.9 Å². The van der Waals surface area contributed by atoms with E-state index in [4.69, 9.17) is 9.47 Å². The Morgan fingerprint density at radius 2 is 1.38 bits per heavy atom. The monoisotopic (exact) mass is 297 g/mol. The summed E-state index contributed by atoms with van der Waals surface area (Å²) in [6, 6.07) is 0. The van der Waals surface area contributed by atoms with E-state index in [-0.39, 0.29) is 24.7 Å². The van der Waals surface area contributed by atoms with Gasteiger partial charge in [-0.1, -0.05) is 0 Å². The Bertz CT molecular complexity index is 446. The predicted molar refractivity (Wildman–Crippen MR) is 69.7 cm³/mol. The number of amides is 2. The van der Waals surface area contributed by atoms with Gasteiger partial charge in [-0.25, -0.2) is 0 Å². The molecule has 0 aromatic heterocycles. The lowest BCUT2D eigenvalue weighted by Gasteiger charge is -2.34. The first-order chi connectivity index (χ1) is 9.85. The topological polar surface area (TPSA) is 90.0 Å². The minimum absolute atomic E-state index is 0.212. The fraction of sp³-hybridized carbons (Fsp3) is 0.714. The van der Waals surface area contributed by atoms with E-state index in [9.17, 15) is 19.2 Å². The van der Waals surface area contributed by atoms with Crippen molar-refractivity contribution < 1.29 is 28.7 Å². The zero-order valence-corrected chi connectivity index (χ0v) is 12.3. The van der Waals surface area contributed by atoms with E-state index in [1.54, 1.807) is 6.92 Å². The molecule has 0 spiro atoms. The molecular formula is C14H19NO6. The molecule has 2 amide bonds. The Morgan fingerprint density at radius 3 is 1.67 bits per heavy atom. The molecule has 0 bridgehead atoms. The molecule has 116 valence electrons. The highest BCUT2D eigenvalue weighted by Gasteiger charge is 2.53. The lowest BCUT2D eigenvalue weighted by Crippen LogP contribution is -2.44. The van der Waals surface area contributed by atoms with Crippen LogP contribution < -0.4 is 0 Å². The minimum Gasteiger partial charge on any atom is -0.459 e. The average molecular weight is 297 g/mol. The second-order valence-electron chi connectivity index (χ2n) is 5.40. The Hall–Kier alpha value is -1.92. The second-order valence-corrected chi connectivity index (χ2v) is 5.40. The summed E-state index contributed by atoms with van der Waals surface area (Å²) in [4.78, 5) is 48.0. The zero-order valence-electron chi connectivity index (χ0n) is 12.3. The van der Waals surface area contributed by atoms with E-state index in [2.05, 4.69) is 0 Å². The Morgan fingerprint density at radius 1 is 1.00 bits per heavy atom. The number of likely N-dealkylation sites (tertiary alicyclic amines) is 1. The van der Waals surface area contributed by atoms with Crippen molar-refractivity contribution in [2.45, 2.75) is 45.8 Å². The number of rotatable bonds is 3. The molecule has 1 saturated heterocycles. The van der Waals surface area contributed by atoms with Crippen molar-refractivity contribution in [3.05, 3.63) is 0 Å². The Labute approximate surface area is 122 Å². The average Bonchev–Trinajstić information content (AvgIpc) is 2.60. The Kier molecular flexibility index (Phi) is 4.29. The van der Waals surface area contributed by atoms with Gasteiger partial charge < -0.3 is 9.47 Å². The van der Waals surface area contributed by atoms with Crippen LogP contribution in [0.3, 0.4) is 0 Å². The molecule has 1 aliphatic carbocycles.